The third-order valence-electron chi connectivity index (χ3n) is 6.50. The lowest BCUT2D eigenvalue weighted by Crippen LogP contribution is -2.40. The second kappa shape index (κ2) is 7.68. The molecule has 5 rings (SSSR count). The first-order chi connectivity index (χ1) is 13.8. The fourth-order valence-electron chi connectivity index (χ4n) is 4.94. The van der Waals surface area contributed by atoms with Gasteiger partial charge in [-0.25, -0.2) is 4.98 Å². The minimum Gasteiger partial charge on any atom is -0.336 e. The summed E-state index contributed by atoms with van der Waals surface area (Å²) in [6.45, 7) is 6.45. The van der Waals surface area contributed by atoms with E-state index in [9.17, 15) is 4.79 Å². The highest BCUT2D eigenvalue weighted by Crippen LogP contribution is 2.26. The summed E-state index contributed by atoms with van der Waals surface area (Å²) in [5.41, 5.74) is 3.62. The number of amides is 1. The third-order valence-corrected chi connectivity index (χ3v) is 6.50. The van der Waals surface area contributed by atoms with E-state index in [1.54, 1.807) is 0 Å². The van der Waals surface area contributed by atoms with Crippen molar-refractivity contribution in [3.8, 4) is 0 Å². The highest BCUT2D eigenvalue weighted by atomic mass is 16.2. The van der Waals surface area contributed by atoms with E-state index in [0.29, 0.717) is 11.7 Å². The molecule has 0 unspecified atom stereocenters. The van der Waals surface area contributed by atoms with Crippen LogP contribution in [0.25, 0.3) is 0 Å². The largest absolute Gasteiger partial charge is 0.336 e. The van der Waals surface area contributed by atoms with E-state index in [1.165, 1.54) is 11.1 Å². The van der Waals surface area contributed by atoms with E-state index in [1.807, 2.05) is 11.1 Å². The van der Waals surface area contributed by atoms with Gasteiger partial charge in [0.15, 0.2) is 0 Å². The van der Waals surface area contributed by atoms with Crippen molar-refractivity contribution in [2.75, 3.05) is 39.3 Å². The van der Waals surface area contributed by atoms with Crippen molar-refractivity contribution in [3.63, 3.8) is 0 Å². The lowest BCUT2D eigenvalue weighted by Gasteiger charge is -2.27. The maximum absolute atomic E-state index is 13.1. The highest BCUT2D eigenvalue weighted by Gasteiger charge is 2.29. The number of carbonyl (C=O) groups is 1. The fraction of sp³-hybridized carbons (Fsp3) is 0.545. The molecular formula is C22H29N5O. The Morgan fingerprint density at radius 3 is 2.64 bits per heavy atom. The van der Waals surface area contributed by atoms with Crippen LogP contribution in [0.3, 0.4) is 0 Å². The Balaban J connectivity index is 1.23. The van der Waals surface area contributed by atoms with Crippen molar-refractivity contribution in [1.29, 1.82) is 0 Å². The quantitative estimate of drug-likeness (QED) is 0.856. The van der Waals surface area contributed by atoms with Gasteiger partial charge in [0.05, 0.1) is 0 Å². The molecule has 3 aliphatic rings. The summed E-state index contributed by atoms with van der Waals surface area (Å²) < 4.78 is 2.15. The van der Waals surface area contributed by atoms with Gasteiger partial charge in [0, 0.05) is 64.5 Å². The molecule has 1 amide bonds. The summed E-state index contributed by atoms with van der Waals surface area (Å²) in [7, 11) is 0. The number of carbonyl (C=O) groups excluding carboxylic acids is 1. The van der Waals surface area contributed by atoms with Crippen molar-refractivity contribution >= 4 is 5.91 Å². The van der Waals surface area contributed by atoms with Gasteiger partial charge in [0.2, 0.25) is 0 Å². The second-order valence-corrected chi connectivity index (χ2v) is 8.25. The number of nitrogens with one attached hydrogen (secondary N) is 1. The molecule has 0 atom stereocenters. The molecule has 0 radical (unpaired) electrons. The molecular weight excluding hydrogens is 350 g/mol. The lowest BCUT2D eigenvalue weighted by molar-refractivity contribution is 0.0752. The molecule has 1 aromatic heterocycles. The van der Waals surface area contributed by atoms with Crippen LogP contribution in [0.5, 0.6) is 0 Å². The first kappa shape index (κ1) is 17.9. The second-order valence-electron chi connectivity index (χ2n) is 8.25. The van der Waals surface area contributed by atoms with Gasteiger partial charge >= 0.3 is 0 Å². The number of rotatable bonds is 2. The monoisotopic (exact) mass is 379 g/mol. The predicted octanol–water partition coefficient (Wildman–Crippen LogP) is 1.34. The molecule has 28 heavy (non-hydrogen) atoms. The number of imidazole rings is 1. The number of hydrogen-bond donors (Lipinski definition) is 1. The molecule has 1 N–H and O–H groups in total. The maximum atomic E-state index is 13.1. The average molecular weight is 380 g/mol. The molecule has 1 aliphatic carbocycles. The number of benzene rings is 1. The van der Waals surface area contributed by atoms with Crippen molar-refractivity contribution in [3.05, 3.63) is 53.1 Å². The van der Waals surface area contributed by atoms with E-state index in [4.69, 9.17) is 0 Å². The number of hydrogen-bond acceptors (Lipinski definition) is 4. The van der Waals surface area contributed by atoms with E-state index < -0.39 is 0 Å². The zero-order valence-corrected chi connectivity index (χ0v) is 16.4. The SMILES string of the molecule is O=C(c1cn2c(n1)CCNCC2)N1CCCN(C2Cc3ccccc3C2)CC1. The van der Waals surface area contributed by atoms with Crippen LogP contribution in [0, 0.1) is 0 Å². The Morgan fingerprint density at radius 2 is 1.82 bits per heavy atom. The van der Waals surface area contributed by atoms with E-state index >= 15 is 0 Å². The molecule has 6 heteroatoms. The molecule has 0 spiro atoms. The van der Waals surface area contributed by atoms with Gasteiger partial charge < -0.3 is 14.8 Å². The smallest absolute Gasteiger partial charge is 0.274 e. The van der Waals surface area contributed by atoms with Crippen LogP contribution in [-0.4, -0.2) is 70.6 Å². The molecule has 1 saturated heterocycles. The van der Waals surface area contributed by atoms with Crippen LogP contribution in [0.1, 0.15) is 33.9 Å². The van der Waals surface area contributed by atoms with Crippen LogP contribution in [-0.2, 0) is 25.8 Å². The van der Waals surface area contributed by atoms with Crippen LogP contribution in [0.4, 0.5) is 0 Å². The number of nitrogens with zero attached hydrogens (tertiary/aromatic N) is 4. The Morgan fingerprint density at radius 1 is 1.00 bits per heavy atom. The van der Waals surface area contributed by atoms with Gasteiger partial charge in [-0.05, 0) is 30.4 Å². The third kappa shape index (κ3) is 3.47. The molecule has 1 fully saturated rings. The van der Waals surface area contributed by atoms with Crippen molar-refractivity contribution in [2.45, 2.75) is 38.3 Å². The van der Waals surface area contributed by atoms with Crippen LogP contribution in [0.2, 0.25) is 0 Å². The van der Waals surface area contributed by atoms with E-state index in [2.05, 4.69) is 44.0 Å². The van der Waals surface area contributed by atoms with E-state index in [-0.39, 0.29) is 5.91 Å². The van der Waals surface area contributed by atoms with Gasteiger partial charge in [-0.1, -0.05) is 24.3 Å². The maximum Gasteiger partial charge on any atom is 0.274 e. The first-order valence-electron chi connectivity index (χ1n) is 10.6. The molecule has 1 aromatic carbocycles. The van der Waals surface area contributed by atoms with Gasteiger partial charge in [0.25, 0.3) is 5.91 Å². The number of aromatic nitrogens is 2. The summed E-state index contributed by atoms with van der Waals surface area (Å²) >= 11 is 0. The molecule has 2 aromatic rings. The molecule has 0 bridgehead atoms. The normalized spacial score (nSPS) is 21.1. The summed E-state index contributed by atoms with van der Waals surface area (Å²) in [5.74, 6) is 1.14. The summed E-state index contributed by atoms with van der Waals surface area (Å²) in [5, 5.41) is 3.38. The lowest BCUT2D eigenvalue weighted by atomic mass is 10.1. The first-order valence-corrected chi connectivity index (χ1v) is 10.6. The van der Waals surface area contributed by atoms with Gasteiger partial charge in [-0.2, -0.15) is 0 Å². The van der Waals surface area contributed by atoms with Crippen molar-refractivity contribution < 1.29 is 4.79 Å². The fourth-order valence-corrected chi connectivity index (χ4v) is 4.94. The van der Waals surface area contributed by atoms with Crippen LogP contribution in [0.15, 0.2) is 30.5 Å². The van der Waals surface area contributed by atoms with Crippen molar-refractivity contribution in [2.24, 2.45) is 0 Å². The molecule has 148 valence electrons. The van der Waals surface area contributed by atoms with Crippen LogP contribution >= 0.6 is 0 Å². The summed E-state index contributed by atoms with van der Waals surface area (Å²) in [4.78, 5) is 22.4. The minimum absolute atomic E-state index is 0.102. The Labute approximate surface area is 166 Å². The summed E-state index contributed by atoms with van der Waals surface area (Å²) in [6, 6.07) is 9.41. The Kier molecular flexibility index (Phi) is 4.91. The molecule has 3 heterocycles. The Bertz CT molecular complexity index is 812. The summed E-state index contributed by atoms with van der Waals surface area (Å²) in [6.07, 6.45) is 6.18. The highest BCUT2D eigenvalue weighted by molar-refractivity contribution is 5.92. The van der Waals surface area contributed by atoms with Gasteiger partial charge in [-0.15, -0.1) is 0 Å². The van der Waals surface area contributed by atoms with Crippen molar-refractivity contribution in [1.82, 2.24) is 24.7 Å². The van der Waals surface area contributed by atoms with Gasteiger partial charge in [0.1, 0.15) is 11.5 Å². The van der Waals surface area contributed by atoms with E-state index in [0.717, 1.165) is 77.3 Å². The molecule has 0 saturated carbocycles. The minimum atomic E-state index is 0.102. The van der Waals surface area contributed by atoms with Crippen LogP contribution < -0.4 is 5.32 Å². The number of fused-ring (bicyclic) bond motifs is 2. The average Bonchev–Trinajstić information content (AvgIpc) is 3.15. The Hall–Kier alpha value is -2.18. The zero-order valence-electron chi connectivity index (χ0n) is 16.4. The van der Waals surface area contributed by atoms with Gasteiger partial charge in [-0.3, -0.25) is 9.69 Å². The predicted molar refractivity (Wildman–Crippen MR) is 109 cm³/mol. The zero-order chi connectivity index (χ0) is 18.9. The molecule has 6 nitrogen and oxygen atoms in total. The standard InChI is InChI=1S/C22H29N5O/c28-22(20-16-27-11-8-23-7-6-21(27)24-20)26-10-3-9-25(12-13-26)19-14-17-4-1-2-5-18(17)15-19/h1-2,4-5,16,19,23H,3,6-15H2. The topological polar surface area (TPSA) is 53.4 Å². The molecule has 2 aliphatic heterocycles.